The van der Waals surface area contributed by atoms with Gasteiger partial charge in [-0.15, -0.1) is 0 Å². The van der Waals surface area contributed by atoms with Crippen LogP contribution >= 0.6 is 0 Å². The van der Waals surface area contributed by atoms with Gasteiger partial charge in [-0.2, -0.15) is 0 Å². The maximum absolute atomic E-state index is 11.9. The molecule has 2 N–H and O–H groups in total. The van der Waals surface area contributed by atoms with Crippen LogP contribution in [0.1, 0.15) is 47.0 Å². The molecule has 1 rings (SSSR count). The number of carbonyl (C=O) groups excluding carboxylic acids is 1. The van der Waals surface area contributed by atoms with Gasteiger partial charge in [0.15, 0.2) is 0 Å². The first-order valence-electron chi connectivity index (χ1n) is 7.84. The Morgan fingerprint density at radius 3 is 2.75 bits per heavy atom. The molecule has 1 amide bonds. The Morgan fingerprint density at radius 1 is 1.45 bits per heavy atom. The minimum Gasteiger partial charge on any atom is -0.444 e. The summed E-state index contributed by atoms with van der Waals surface area (Å²) in [5, 5.41) is 6.92. The zero-order chi connectivity index (χ0) is 15.0. The van der Waals surface area contributed by atoms with Crippen molar-refractivity contribution in [3.05, 3.63) is 0 Å². The summed E-state index contributed by atoms with van der Waals surface area (Å²) in [6, 6.07) is 0.628. The monoisotopic (exact) mass is 285 g/mol. The van der Waals surface area contributed by atoms with Crippen LogP contribution in [-0.2, 0) is 4.74 Å². The van der Waals surface area contributed by atoms with E-state index in [-0.39, 0.29) is 6.09 Å². The van der Waals surface area contributed by atoms with Crippen LogP contribution in [0, 0.1) is 0 Å². The van der Waals surface area contributed by atoms with E-state index in [0.717, 1.165) is 32.6 Å². The van der Waals surface area contributed by atoms with Crippen LogP contribution in [0.15, 0.2) is 0 Å². The van der Waals surface area contributed by atoms with E-state index in [4.69, 9.17) is 4.74 Å². The third kappa shape index (κ3) is 7.10. The average molecular weight is 285 g/mol. The number of hydrogen-bond acceptors (Lipinski definition) is 4. The molecule has 5 nitrogen and oxygen atoms in total. The number of amides is 1. The van der Waals surface area contributed by atoms with Crippen LogP contribution in [0.3, 0.4) is 0 Å². The molecule has 20 heavy (non-hydrogen) atoms. The molecule has 0 bridgehead atoms. The topological polar surface area (TPSA) is 53.6 Å². The van der Waals surface area contributed by atoms with Crippen LogP contribution in [0.2, 0.25) is 0 Å². The third-order valence-electron chi connectivity index (χ3n) is 3.37. The molecule has 5 heteroatoms. The predicted octanol–water partition coefficient (Wildman–Crippen LogP) is 1.98. The van der Waals surface area contributed by atoms with E-state index in [9.17, 15) is 4.79 Å². The summed E-state index contributed by atoms with van der Waals surface area (Å²) < 4.78 is 5.39. The Balaban J connectivity index is 2.12. The molecule has 1 aliphatic rings. The normalized spacial score (nSPS) is 19.1. The molecule has 1 fully saturated rings. The summed E-state index contributed by atoms with van der Waals surface area (Å²) in [6.07, 6.45) is 3.30. The van der Waals surface area contributed by atoms with Gasteiger partial charge >= 0.3 is 6.09 Å². The SMILES string of the molecule is CCN(CCCNCC1CCCN1)C(=O)OC(C)(C)C. The van der Waals surface area contributed by atoms with Gasteiger partial charge in [0.1, 0.15) is 5.60 Å². The van der Waals surface area contributed by atoms with E-state index in [1.807, 2.05) is 27.7 Å². The number of ether oxygens (including phenoxy) is 1. The van der Waals surface area contributed by atoms with Gasteiger partial charge in [-0.1, -0.05) is 0 Å². The second kappa shape index (κ2) is 8.47. The van der Waals surface area contributed by atoms with Crippen LogP contribution in [0.25, 0.3) is 0 Å². The van der Waals surface area contributed by atoms with E-state index in [2.05, 4.69) is 10.6 Å². The quantitative estimate of drug-likeness (QED) is 0.702. The highest BCUT2D eigenvalue weighted by Crippen LogP contribution is 2.10. The lowest BCUT2D eigenvalue weighted by atomic mass is 10.2. The number of carbonyl (C=O) groups is 1. The van der Waals surface area contributed by atoms with Crippen LogP contribution in [0.5, 0.6) is 0 Å². The Hall–Kier alpha value is -0.810. The van der Waals surface area contributed by atoms with Crippen molar-refractivity contribution < 1.29 is 9.53 Å². The molecule has 0 aliphatic carbocycles. The zero-order valence-electron chi connectivity index (χ0n) is 13.5. The van der Waals surface area contributed by atoms with Crippen molar-refractivity contribution in [2.24, 2.45) is 0 Å². The van der Waals surface area contributed by atoms with Gasteiger partial charge in [-0.05, 0) is 60.0 Å². The van der Waals surface area contributed by atoms with Crippen molar-refractivity contribution in [1.29, 1.82) is 0 Å². The molecule has 1 unspecified atom stereocenters. The molecule has 0 saturated carbocycles. The second-order valence-electron chi connectivity index (χ2n) is 6.41. The highest BCUT2D eigenvalue weighted by atomic mass is 16.6. The van der Waals surface area contributed by atoms with Gasteiger partial charge in [0, 0.05) is 25.7 Å². The first-order valence-corrected chi connectivity index (χ1v) is 7.84. The summed E-state index contributed by atoms with van der Waals surface area (Å²) in [7, 11) is 0. The zero-order valence-corrected chi connectivity index (χ0v) is 13.5. The standard InChI is InChI=1S/C15H31N3O2/c1-5-18(14(19)20-15(2,3)4)11-7-9-16-12-13-8-6-10-17-13/h13,16-17H,5-12H2,1-4H3. The second-order valence-corrected chi connectivity index (χ2v) is 6.41. The molecular formula is C15H31N3O2. The Labute approximate surface area is 123 Å². The maximum Gasteiger partial charge on any atom is 0.410 e. The van der Waals surface area contributed by atoms with E-state index in [0.29, 0.717) is 12.6 Å². The van der Waals surface area contributed by atoms with E-state index < -0.39 is 5.60 Å². The molecular weight excluding hydrogens is 254 g/mol. The fraction of sp³-hybridized carbons (Fsp3) is 0.933. The highest BCUT2D eigenvalue weighted by Gasteiger charge is 2.20. The van der Waals surface area contributed by atoms with Crippen molar-refractivity contribution in [3.63, 3.8) is 0 Å². The van der Waals surface area contributed by atoms with E-state index >= 15 is 0 Å². The lowest BCUT2D eigenvalue weighted by Gasteiger charge is -2.26. The van der Waals surface area contributed by atoms with Gasteiger partial charge in [0.05, 0.1) is 0 Å². The molecule has 0 aromatic heterocycles. The van der Waals surface area contributed by atoms with E-state index in [1.54, 1.807) is 4.90 Å². The summed E-state index contributed by atoms with van der Waals surface area (Å²) in [5.74, 6) is 0. The predicted molar refractivity (Wildman–Crippen MR) is 82.0 cm³/mol. The van der Waals surface area contributed by atoms with Gasteiger partial charge < -0.3 is 20.3 Å². The molecule has 0 aromatic carbocycles. The molecule has 0 spiro atoms. The lowest BCUT2D eigenvalue weighted by molar-refractivity contribution is 0.0258. The molecule has 1 saturated heterocycles. The van der Waals surface area contributed by atoms with Gasteiger partial charge in [0.2, 0.25) is 0 Å². The molecule has 0 radical (unpaired) electrons. The van der Waals surface area contributed by atoms with E-state index in [1.165, 1.54) is 12.8 Å². The number of nitrogens with one attached hydrogen (secondary N) is 2. The van der Waals surface area contributed by atoms with Gasteiger partial charge in [-0.3, -0.25) is 0 Å². The van der Waals surface area contributed by atoms with Crippen LogP contribution < -0.4 is 10.6 Å². The molecule has 1 atom stereocenters. The summed E-state index contributed by atoms with van der Waals surface area (Å²) in [5.41, 5.74) is -0.420. The van der Waals surface area contributed by atoms with Crippen molar-refractivity contribution in [2.45, 2.75) is 58.6 Å². The highest BCUT2D eigenvalue weighted by molar-refractivity contribution is 5.68. The fourth-order valence-electron chi connectivity index (χ4n) is 2.31. The average Bonchev–Trinajstić information content (AvgIpc) is 2.84. The minimum absolute atomic E-state index is 0.211. The first-order chi connectivity index (χ1) is 9.42. The van der Waals surface area contributed by atoms with Crippen LogP contribution in [-0.4, -0.2) is 55.4 Å². The van der Waals surface area contributed by atoms with Gasteiger partial charge in [-0.25, -0.2) is 4.79 Å². The summed E-state index contributed by atoms with van der Waals surface area (Å²) in [6.45, 7) is 12.2. The molecule has 118 valence electrons. The van der Waals surface area contributed by atoms with Crippen molar-refractivity contribution in [2.75, 3.05) is 32.7 Å². The van der Waals surface area contributed by atoms with Crippen molar-refractivity contribution >= 4 is 6.09 Å². The number of hydrogen-bond donors (Lipinski definition) is 2. The summed E-state index contributed by atoms with van der Waals surface area (Å²) in [4.78, 5) is 13.7. The van der Waals surface area contributed by atoms with Crippen molar-refractivity contribution in [3.8, 4) is 0 Å². The smallest absolute Gasteiger partial charge is 0.410 e. The van der Waals surface area contributed by atoms with Crippen molar-refractivity contribution in [1.82, 2.24) is 15.5 Å². The lowest BCUT2D eigenvalue weighted by Crippen LogP contribution is -2.39. The Bertz CT molecular complexity index is 283. The maximum atomic E-state index is 11.9. The molecule has 1 heterocycles. The summed E-state index contributed by atoms with van der Waals surface area (Å²) >= 11 is 0. The number of nitrogens with zero attached hydrogens (tertiary/aromatic N) is 1. The first kappa shape index (κ1) is 17.2. The van der Waals surface area contributed by atoms with Crippen LogP contribution in [0.4, 0.5) is 4.79 Å². The third-order valence-corrected chi connectivity index (χ3v) is 3.37. The molecule has 1 aliphatic heterocycles. The Morgan fingerprint density at radius 2 is 2.20 bits per heavy atom. The van der Waals surface area contributed by atoms with Gasteiger partial charge in [0.25, 0.3) is 0 Å². The largest absolute Gasteiger partial charge is 0.444 e. The Kier molecular flexibility index (Phi) is 7.30. The molecule has 0 aromatic rings. The number of rotatable bonds is 7. The fourth-order valence-corrected chi connectivity index (χ4v) is 2.31. The minimum atomic E-state index is -0.420.